The number of aryl methyl sites for hydroxylation is 1. The van der Waals surface area contributed by atoms with Crippen molar-refractivity contribution >= 4 is 17.6 Å². The van der Waals surface area contributed by atoms with E-state index >= 15 is 0 Å². The summed E-state index contributed by atoms with van der Waals surface area (Å²) in [6.07, 6.45) is 2.86. The predicted octanol–water partition coefficient (Wildman–Crippen LogP) is -0.157. The molecule has 0 bridgehead atoms. The fourth-order valence-electron chi connectivity index (χ4n) is 3.07. The maximum Gasteiger partial charge on any atom is 0.247 e. The largest absolute Gasteiger partial charge is 0.356 e. The molecule has 1 aliphatic rings. The first-order valence-electron chi connectivity index (χ1n) is 8.15. The zero-order chi connectivity index (χ0) is 17.9. The van der Waals surface area contributed by atoms with E-state index in [-0.39, 0.29) is 11.8 Å². The third-order valence-corrected chi connectivity index (χ3v) is 4.43. The van der Waals surface area contributed by atoms with Crippen LogP contribution in [0.3, 0.4) is 0 Å². The minimum atomic E-state index is -0.702. The standard InChI is InChI=1S/C16H28N6O2/c1-19(2)12-14(23)22-10-7-16(8-11-22,15(24)20(3)4)18-13-6-9-17-21(13)5/h6,9,18H,7-8,10-12H2,1-5H3. The van der Waals surface area contributed by atoms with E-state index < -0.39 is 5.54 Å². The van der Waals surface area contributed by atoms with Gasteiger partial charge in [-0.2, -0.15) is 5.10 Å². The fraction of sp³-hybridized carbons (Fsp3) is 0.688. The first-order valence-corrected chi connectivity index (χ1v) is 8.15. The molecule has 8 heteroatoms. The highest BCUT2D eigenvalue weighted by Gasteiger charge is 2.43. The van der Waals surface area contributed by atoms with Crippen LogP contribution in [-0.4, -0.2) is 89.7 Å². The average Bonchev–Trinajstić information content (AvgIpc) is 2.91. The molecule has 0 atom stereocenters. The second kappa shape index (κ2) is 7.21. The lowest BCUT2D eigenvalue weighted by atomic mass is 9.85. The fourth-order valence-corrected chi connectivity index (χ4v) is 3.07. The Hall–Kier alpha value is -2.09. The zero-order valence-electron chi connectivity index (χ0n) is 15.2. The number of nitrogens with zero attached hydrogens (tertiary/aromatic N) is 5. The smallest absolute Gasteiger partial charge is 0.247 e. The van der Waals surface area contributed by atoms with Crippen LogP contribution in [0.4, 0.5) is 5.82 Å². The summed E-state index contributed by atoms with van der Waals surface area (Å²) < 4.78 is 1.72. The van der Waals surface area contributed by atoms with Gasteiger partial charge in [0.15, 0.2) is 0 Å². The molecule has 0 spiro atoms. The summed E-state index contributed by atoms with van der Waals surface area (Å²) in [6.45, 7) is 1.53. The van der Waals surface area contributed by atoms with Gasteiger partial charge in [-0.3, -0.25) is 14.3 Å². The number of carbonyl (C=O) groups excluding carboxylic acids is 2. The SMILES string of the molecule is CN(C)CC(=O)N1CCC(Nc2ccnn2C)(C(=O)N(C)C)CC1. The van der Waals surface area contributed by atoms with Crippen molar-refractivity contribution in [3.05, 3.63) is 12.3 Å². The van der Waals surface area contributed by atoms with Crippen LogP contribution < -0.4 is 5.32 Å². The molecule has 8 nitrogen and oxygen atoms in total. The van der Waals surface area contributed by atoms with Crippen LogP contribution in [0.15, 0.2) is 12.3 Å². The Labute approximate surface area is 143 Å². The Bertz CT molecular complexity index is 587. The van der Waals surface area contributed by atoms with Gasteiger partial charge in [-0.05, 0) is 26.9 Å². The van der Waals surface area contributed by atoms with Crippen molar-refractivity contribution in [2.45, 2.75) is 18.4 Å². The molecule has 0 radical (unpaired) electrons. The first-order chi connectivity index (χ1) is 11.2. The molecule has 2 amide bonds. The van der Waals surface area contributed by atoms with Gasteiger partial charge in [-0.15, -0.1) is 0 Å². The molecule has 1 saturated heterocycles. The predicted molar refractivity (Wildman–Crippen MR) is 92.6 cm³/mol. The minimum absolute atomic E-state index is 0.0309. The molecule has 1 aliphatic heterocycles. The highest BCUT2D eigenvalue weighted by atomic mass is 16.2. The molecular formula is C16H28N6O2. The van der Waals surface area contributed by atoms with Crippen LogP contribution in [0.1, 0.15) is 12.8 Å². The number of hydrogen-bond donors (Lipinski definition) is 1. The maximum atomic E-state index is 12.8. The summed E-state index contributed by atoms with van der Waals surface area (Å²) in [7, 11) is 9.13. The molecule has 24 heavy (non-hydrogen) atoms. The van der Waals surface area contributed by atoms with Crippen LogP contribution in [0.5, 0.6) is 0 Å². The average molecular weight is 336 g/mol. The molecule has 0 aliphatic carbocycles. The third-order valence-electron chi connectivity index (χ3n) is 4.43. The lowest BCUT2D eigenvalue weighted by Crippen LogP contribution is -2.59. The Balaban J connectivity index is 2.14. The van der Waals surface area contributed by atoms with Crippen LogP contribution in [-0.2, 0) is 16.6 Å². The summed E-state index contributed by atoms with van der Waals surface area (Å²) in [6, 6.07) is 1.86. The van der Waals surface area contributed by atoms with Crippen LogP contribution >= 0.6 is 0 Å². The van der Waals surface area contributed by atoms with E-state index in [9.17, 15) is 9.59 Å². The molecule has 1 aromatic heterocycles. The lowest BCUT2D eigenvalue weighted by molar-refractivity contribution is -0.139. The van der Waals surface area contributed by atoms with E-state index in [0.717, 1.165) is 5.82 Å². The highest BCUT2D eigenvalue weighted by molar-refractivity contribution is 5.89. The lowest BCUT2D eigenvalue weighted by Gasteiger charge is -2.43. The number of likely N-dealkylation sites (tertiary alicyclic amines) is 1. The molecule has 134 valence electrons. The van der Waals surface area contributed by atoms with Gasteiger partial charge in [0.25, 0.3) is 0 Å². The van der Waals surface area contributed by atoms with E-state index in [1.54, 1.807) is 29.9 Å². The van der Waals surface area contributed by atoms with Crippen LogP contribution in [0, 0.1) is 0 Å². The number of piperidine rings is 1. The Morgan fingerprint density at radius 3 is 2.33 bits per heavy atom. The minimum Gasteiger partial charge on any atom is -0.356 e. The van der Waals surface area contributed by atoms with Gasteiger partial charge in [-0.25, -0.2) is 0 Å². The van der Waals surface area contributed by atoms with Gasteiger partial charge < -0.3 is 20.0 Å². The number of nitrogens with one attached hydrogen (secondary N) is 1. The maximum absolute atomic E-state index is 12.8. The number of aromatic nitrogens is 2. The summed E-state index contributed by atoms with van der Waals surface area (Å²) in [5, 5.41) is 7.54. The molecule has 2 heterocycles. The Morgan fingerprint density at radius 2 is 1.88 bits per heavy atom. The van der Waals surface area contributed by atoms with Crippen molar-refractivity contribution in [1.29, 1.82) is 0 Å². The first kappa shape index (κ1) is 18.3. The van der Waals surface area contributed by atoms with Crippen LogP contribution in [0.25, 0.3) is 0 Å². The summed E-state index contributed by atoms with van der Waals surface area (Å²) in [4.78, 5) is 30.4. The van der Waals surface area contributed by atoms with Gasteiger partial charge >= 0.3 is 0 Å². The highest BCUT2D eigenvalue weighted by Crippen LogP contribution is 2.28. The van der Waals surface area contributed by atoms with Crippen molar-refractivity contribution < 1.29 is 9.59 Å². The molecule has 0 aromatic carbocycles. The van der Waals surface area contributed by atoms with Crippen molar-refractivity contribution in [3.8, 4) is 0 Å². The number of hydrogen-bond acceptors (Lipinski definition) is 5. The number of likely N-dealkylation sites (N-methyl/N-ethyl adjacent to an activating group) is 2. The molecule has 2 rings (SSSR count). The molecule has 0 unspecified atom stereocenters. The third kappa shape index (κ3) is 3.87. The van der Waals surface area contributed by atoms with Crippen molar-refractivity contribution in [2.75, 3.05) is 53.1 Å². The molecule has 1 aromatic rings. The Morgan fingerprint density at radius 1 is 1.25 bits per heavy atom. The topological polar surface area (TPSA) is 73.7 Å². The summed E-state index contributed by atoms with van der Waals surface area (Å²) in [5.74, 6) is 0.938. The monoisotopic (exact) mass is 336 g/mol. The van der Waals surface area contributed by atoms with Gasteiger partial charge in [-0.1, -0.05) is 0 Å². The number of carbonyl (C=O) groups is 2. The number of anilines is 1. The number of rotatable bonds is 5. The van der Waals surface area contributed by atoms with Gasteiger partial charge in [0.2, 0.25) is 11.8 Å². The summed E-state index contributed by atoms with van der Waals surface area (Å²) >= 11 is 0. The summed E-state index contributed by atoms with van der Waals surface area (Å²) in [5.41, 5.74) is -0.702. The zero-order valence-corrected chi connectivity index (χ0v) is 15.2. The van der Waals surface area contributed by atoms with E-state index in [1.165, 1.54) is 0 Å². The normalized spacial score (nSPS) is 17.0. The van der Waals surface area contributed by atoms with E-state index in [0.29, 0.717) is 32.5 Å². The molecule has 1 fully saturated rings. The van der Waals surface area contributed by atoms with Gasteiger partial charge in [0.05, 0.1) is 12.7 Å². The molecule has 1 N–H and O–H groups in total. The van der Waals surface area contributed by atoms with Crippen molar-refractivity contribution in [2.24, 2.45) is 7.05 Å². The molecular weight excluding hydrogens is 308 g/mol. The van der Waals surface area contributed by atoms with Crippen molar-refractivity contribution in [3.63, 3.8) is 0 Å². The van der Waals surface area contributed by atoms with Gasteiger partial charge in [0, 0.05) is 40.3 Å². The quantitative estimate of drug-likeness (QED) is 0.809. The van der Waals surface area contributed by atoms with Gasteiger partial charge in [0.1, 0.15) is 11.4 Å². The van der Waals surface area contributed by atoms with E-state index in [1.807, 2.05) is 37.0 Å². The second-order valence-corrected chi connectivity index (χ2v) is 6.87. The van der Waals surface area contributed by atoms with E-state index in [2.05, 4.69) is 10.4 Å². The Kier molecular flexibility index (Phi) is 5.48. The van der Waals surface area contributed by atoms with E-state index in [4.69, 9.17) is 0 Å². The van der Waals surface area contributed by atoms with Crippen LogP contribution in [0.2, 0.25) is 0 Å². The molecule has 0 saturated carbocycles. The van der Waals surface area contributed by atoms with Crippen molar-refractivity contribution in [1.82, 2.24) is 24.5 Å². The number of amides is 2. The second-order valence-electron chi connectivity index (χ2n) is 6.87.